The molecule has 2 N–H and O–H groups in total. The highest BCUT2D eigenvalue weighted by molar-refractivity contribution is 5.98. The van der Waals surface area contributed by atoms with E-state index in [2.05, 4.69) is 5.32 Å². The van der Waals surface area contributed by atoms with Crippen LogP contribution in [0.1, 0.15) is 16.3 Å². The number of furan rings is 1. The number of carbonyl (C=O) groups excluding carboxylic acids is 2. The molecule has 0 aliphatic rings. The Morgan fingerprint density at radius 1 is 0.900 bits per heavy atom. The smallest absolute Gasteiger partial charge is 0.287 e. The van der Waals surface area contributed by atoms with Gasteiger partial charge in [0.15, 0.2) is 23.2 Å². The number of hydrogen-bond acceptors (Lipinski definition) is 4. The zero-order valence-electron chi connectivity index (χ0n) is 15.2. The molecule has 6 nitrogen and oxygen atoms in total. The van der Waals surface area contributed by atoms with Gasteiger partial charge in [-0.2, -0.15) is 0 Å². The number of amides is 2. The SMILES string of the molecule is O=C(CNC(=O)c1ccc(COc2ccc(F)cc2)o1)Nc1ccc(F)c(F)c1F. The van der Waals surface area contributed by atoms with E-state index in [-0.39, 0.29) is 12.4 Å². The van der Waals surface area contributed by atoms with Crippen molar-refractivity contribution in [3.8, 4) is 5.75 Å². The highest BCUT2D eigenvalue weighted by Crippen LogP contribution is 2.19. The molecule has 0 saturated carbocycles. The average Bonchev–Trinajstić information content (AvgIpc) is 3.21. The fraction of sp³-hybridized carbons (Fsp3) is 0.100. The molecular formula is C20H14F4N2O4. The molecule has 0 unspecified atom stereocenters. The number of rotatable bonds is 7. The minimum Gasteiger partial charge on any atom is -0.486 e. The second-order valence-electron chi connectivity index (χ2n) is 5.96. The maximum absolute atomic E-state index is 13.5. The second kappa shape index (κ2) is 9.12. The minimum absolute atomic E-state index is 0.0190. The molecule has 1 heterocycles. The van der Waals surface area contributed by atoms with Gasteiger partial charge in [0.1, 0.15) is 23.9 Å². The van der Waals surface area contributed by atoms with Crippen molar-refractivity contribution in [1.29, 1.82) is 0 Å². The second-order valence-corrected chi connectivity index (χ2v) is 5.96. The van der Waals surface area contributed by atoms with Crippen LogP contribution in [0, 0.1) is 23.3 Å². The Morgan fingerprint density at radius 3 is 2.37 bits per heavy atom. The molecule has 1 aromatic heterocycles. The molecule has 0 fully saturated rings. The Hall–Kier alpha value is -3.82. The molecule has 0 aliphatic carbocycles. The third-order valence-electron chi connectivity index (χ3n) is 3.80. The predicted molar refractivity (Wildman–Crippen MR) is 96.7 cm³/mol. The van der Waals surface area contributed by atoms with Gasteiger partial charge in [0.05, 0.1) is 12.2 Å². The van der Waals surface area contributed by atoms with Crippen LogP contribution in [0.25, 0.3) is 0 Å². The van der Waals surface area contributed by atoms with Crippen LogP contribution in [-0.2, 0) is 11.4 Å². The third-order valence-corrected chi connectivity index (χ3v) is 3.80. The van der Waals surface area contributed by atoms with E-state index in [1.807, 2.05) is 5.32 Å². The van der Waals surface area contributed by atoms with Gasteiger partial charge in [-0.05, 0) is 48.5 Å². The van der Waals surface area contributed by atoms with Crippen LogP contribution >= 0.6 is 0 Å². The van der Waals surface area contributed by atoms with Gasteiger partial charge in [-0.1, -0.05) is 0 Å². The van der Waals surface area contributed by atoms with Crippen LogP contribution in [-0.4, -0.2) is 18.4 Å². The number of benzene rings is 2. The monoisotopic (exact) mass is 422 g/mol. The molecule has 2 aromatic carbocycles. The largest absolute Gasteiger partial charge is 0.486 e. The Bertz CT molecular complexity index is 1070. The Kier molecular flexibility index (Phi) is 6.35. The van der Waals surface area contributed by atoms with Gasteiger partial charge in [-0.15, -0.1) is 0 Å². The lowest BCUT2D eigenvalue weighted by Gasteiger charge is -2.08. The molecule has 2 amide bonds. The van der Waals surface area contributed by atoms with Gasteiger partial charge in [-0.25, -0.2) is 17.6 Å². The maximum Gasteiger partial charge on any atom is 0.287 e. The lowest BCUT2D eigenvalue weighted by Crippen LogP contribution is -2.32. The van der Waals surface area contributed by atoms with Crippen molar-refractivity contribution in [2.45, 2.75) is 6.61 Å². The van der Waals surface area contributed by atoms with Gasteiger partial charge in [0, 0.05) is 0 Å². The summed E-state index contributed by atoms with van der Waals surface area (Å²) in [7, 11) is 0. The molecule has 3 rings (SSSR count). The van der Waals surface area contributed by atoms with Crippen LogP contribution < -0.4 is 15.4 Å². The van der Waals surface area contributed by atoms with Crippen molar-refractivity contribution in [2.75, 3.05) is 11.9 Å². The van der Waals surface area contributed by atoms with Gasteiger partial charge >= 0.3 is 0 Å². The quantitative estimate of drug-likeness (QED) is 0.449. The summed E-state index contributed by atoms with van der Waals surface area (Å²) in [5.41, 5.74) is -0.564. The number of ether oxygens (including phenoxy) is 1. The third kappa shape index (κ3) is 5.16. The van der Waals surface area contributed by atoms with Crippen molar-refractivity contribution in [2.24, 2.45) is 0 Å². The van der Waals surface area contributed by atoms with Gasteiger partial charge < -0.3 is 19.8 Å². The van der Waals surface area contributed by atoms with Crippen LogP contribution in [0.5, 0.6) is 5.75 Å². The molecule has 3 aromatic rings. The lowest BCUT2D eigenvalue weighted by molar-refractivity contribution is -0.115. The number of carbonyl (C=O) groups is 2. The van der Waals surface area contributed by atoms with Crippen LogP contribution in [0.4, 0.5) is 23.2 Å². The molecule has 0 saturated heterocycles. The highest BCUT2D eigenvalue weighted by Gasteiger charge is 2.17. The van der Waals surface area contributed by atoms with Gasteiger partial charge in [-0.3, -0.25) is 9.59 Å². The summed E-state index contributed by atoms with van der Waals surface area (Å²) in [6, 6.07) is 9.67. The van der Waals surface area contributed by atoms with Crippen molar-refractivity contribution >= 4 is 17.5 Å². The topological polar surface area (TPSA) is 80.6 Å². The summed E-state index contributed by atoms with van der Waals surface area (Å²) >= 11 is 0. The first-order valence-corrected chi connectivity index (χ1v) is 8.52. The highest BCUT2D eigenvalue weighted by atomic mass is 19.2. The average molecular weight is 422 g/mol. The number of nitrogens with one attached hydrogen (secondary N) is 2. The Morgan fingerprint density at radius 2 is 1.63 bits per heavy atom. The predicted octanol–water partition coefficient (Wildman–Crippen LogP) is 3.78. The Labute approximate surface area is 167 Å². The summed E-state index contributed by atoms with van der Waals surface area (Å²) in [5, 5.41) is 4.26. The molecule has 0 radical (unpaired) electrons. The molecule has 0 aliphatic heterocycles. The standard InChI is InChI=1S/C20H14F4N2O4/c21-11-1-3-12(4-2-11)29-10-13-5-8-16(30-13)20(28)25-9-17(27)26-15-7-6-14(22)18(23)19(15)24/h1-8H,9-10H2,(H,25,28)(H,26,27). The summed E-state index contributed by atoms with van der Waals surface area (Å²) in [5.74, 6) is -6.07. The molecular weight excluding hydrogens is 408 g/mol. The minimum atomic E-state index is -1.72. The summed E-state index contributed by atoms with van der Waals surface area (Å²) in [6.45, 7) is -0.589. The first-order chi connectivity index (χ1) is 14.3. The summed E-state index contributed by atoms with van der Waals surface area (Å²) < 4.78 is 63.1. The van der Waals surface area contributed by atoms with E-state index in [4.69, 9.17) is 9.15 Å². The fourth-order valence-corrected chi connectivity index (χ4v) is 2.33. The van der Waals surface area contributed by atoms with Crippen LogP contribution in [0.2, 0.25) is 0 Å². The van der Waals surface area contributed by atoms with Gasteiger partial charge in [0.2, 0.25) is 5.91 Å². The summed E-state index contributed by atoms with van der Waals surface area (Å²) in [4.78, 5) is 23.8. The first-order valence-electron chi connectivity index (χ1n) is 8.52. The molecule has 0 bridgehead atoms. The van der Waals surface area contributed by atoms with E-state index in [1.54, 1.807) is 0 Å². The van der Waals surface area contributed by atoms with Crippen molar-refractivity contribution in [3.63, 3.8) is 0 Å². The summed E-state index contributed by atoms with van der Waals surface area (Å²) in [6.07, 6.45) is 0. The normalized spacial score (nSPS) is 10.5. The van der Waals surface area contributed by atoms with Crippen LogP contribution in [0.15, 0.2) is 52.9 Å². The van der Waals surface area contributed by atoms with Crippen LogP contribution in [0.3, 0.4) is 0 Å². The molecule has 0 spiro atoms. The van der Waals surface area contributed by atoms with E-state index < -0.39 is 47.3 Å². The number of hydrogen-bond donors (Lipinski definition) is 2. The molecule has 156 valence electrons. The van der Waals surface area contributed by atoms with E-state index in [9.17, 15) is 27.2 Å². The Balaban J connectivity index is 1.49. The number of halogens is 4. The number of anilines is 1. The van der Waals surface area contributed by atoms with E-state index >= 15 is 0 Å². The fourth-order valence-electron chi connectivity index (χ4n) is 2.33. The van der Waals surface area contributed by atoms with E-state index in [0.29, 0.717) is 17.6 Å². The molecule has 30 heavy (non-hydrogen) atoms. The van der Waals surface area contributed by atoms with Crippen molar-refractivity contribution in [1.82, 2.24) is 5.32 Å². The molecule has 0 atom stereocenters. The van der Waals surface area contributed by atoms with Gasteiger partial charge in [0.25, 0.3) is 5.91 Å². The zero-order valence-corrected chi connectivity index (χ0v) is 15.2. The van der Waals surface area contributed by atoms with E-state index in [1.165, 1.54) is 36.4 Å². The zero-order chi connectivity index (χ0) is 21.7. The van der Waals surface area contributed by atoms with Crippen molar-refractivity contribution in [3.05, 3.63) is 83.3 Å². The van der Waals surface area contributed by atoms with Crippen molar-refractivity contribution < 1.29 is 36.3 Å². The first kappa shape index (κ1) is 20.9. The molecule has 10 heteroatoms. The maximum atomic E-state index is 13.5. The lowest BCUT2D eigenvalue weighted by atomic mass is 10.2. The van der Waals surface area contributed by atoms with E-state index in [0.717, 1.165) is 6.07 Å².